The third-order valence-corrected chi connectivity index (χ3v) is 4.29. The van der Waals surface area contributed by atoms with Crippen LogP contribution in [-0.4, -0.2) is 48.1 Å². The number of hydrogen-bond acceptors (Lipinski definition) is 2. The predicted octanol–water partition coefficient (Wildman–Crippen LogP) is 2.26. The molecule has 1 aliphatic rings. The molecule has 1 aromatic rings. The van der Waals surface area contributed by atoms with Crippen molar-refractivity contribution in [3.8, 4) is 0 Å². The first-order valence-electron chi connectivity index (χ1n) is 7.02. The zero-order valence-corrected chi connectivity index (χ0v) is 12.6. The summed E-state index contributed by atoms with van der Waals surface area (Å²) in [7, 11) is 1.90. The first-order chi connectivity index (χ1) is 9.26. The molecule has 104 valence electrons. The van der Waals surface area contributed by atoms with Crippen molar-refractivity contribution in [2.45, 2.75) is 19.4 Å². The van der Waals surface area contributed by atoms with Crippen molar-refractivity contribution in [2.24, 2.45) is 0 Å². The van der Waals surface area contributed by atoms with Crippen molar-refractivity contribution in [3.05, 3.63) is 35.9 Å². The fourth-order valence-corrected chi connectivity index (χ4v) is 2.96. The molecule has 1 fully saturated rings. The van der Waals surface area contributed by atoms with Gasteiger partial charge in [-0.1, -0.05) is 37.3 Å². The molecule has 1 unspecified atom stereocenters. The summed E-state index contributed by atoms with van der Waals surface area (Å²) in [6.07, 6.45) is 1.15. The molecular formula is C15H23N3S. The molecule has 4 heteroatoms. The molecule has 0 amide bonds. The van der Waals surface area contributed by atoms with Crippen LogP contribution in [0, 0.1) is 0 Å². The molecule has 3 nitrogen and oxygen atoms in total. The van der Waals surface area contributed by atoms with Gasteiger partial charge in [-0.2, -0.15) is 0 Å². The van der Waals surface area contributed by atoms with Crippen LogP contribution in [-0.2, 0) is 0 Å². The monoisotopic (exact) mass is 277 g/mol. The zero-order valence-electron chi connectivity index (χ0n) is 11.8. The van der Waals surface area contributed by atoms with Crippen molar-refractivity contribution in [1.82, 2.24) is 15.1 Å². The van der Waals surface area contributed by atoms with E-state index in [-0.39, 0.29) is 0 Å². The average molecular weight is 277 g/mol. The van der Waals surface area contributed by atoms with Crippen LogP contribution in [0.4, 0.5) is 0 Å². The van der Waals surface area contributed by atoms with Gasteiger partial charge in [0.25, 0.3) is 0 Å². The Morgan fingerprint density at radius 1 is 1.21 bits per heavy atom. The van der Waals surface area contributed by atoms with Crippen LogP contribution in [0.5, 0.6) is 0 Å². The molecule has 1 heterocycles. The largest absolute Gasteiger partial charge is 0.366 e. The highest BCUT2D eigenvalue weighted by atomic mass is 32.1. The summed E-state index contributed by atoms with van der Waals surface area (Å²) in [6, 6.07) is 11.3. The maximum atomic E-state index is 5.30. The van der Waals surface area contributed by atoms with Gasteiger partial charge < -0.3 is 10.2 Å². The normalized spacial score (nSPS) is 18.1. The van der Waals surface area contributed by atoms with Gasteiger partial charge in [0.05, 0.1) is 0 Å². The highest BCUT2D eigenvalue weighted by Crippen LogP contribution is 2.24. The third kappa shape index (κ3) is 3.45. The summed E-state index contributed by atoms with van der Waals surface area (Å²) in [5.74, 6) is 0. The summed E-state index contributed by atoms with van der Waals surface area (Å²) in [6.45, 7) is 6.46. The van der Waals surface area contributed by atoms with Crippen molar-refractivity contribution < 1.29 is 0 Å². The van der Waals surface area contributed by atoms with E-state index in [0.717, 1.165) is 37.7 Å². The molecule has 1 N–H and O–H groups in total. The number of thiocarbonyl (C=S) groups is 1. The Hall–Kier alpha value is -1.13. The number of benzene rings is 1. The quantitative estimate of drug-likeness (QED) is 0.854. The lowest BCUT2D eigenvalue weighted by Gasteiger charge is -2.40. The topological polar surface area (TPSA) is 18.5 Å². The lowest BCUT2D eigenvalue weighted by Crippen LogP contribution is -2.51. The van der Waals surface area contributed by atoms with Crippen molar-refractivity contribution in [2.75, 3.05) is 33.2 Å². The summed E-state index contributed by atoms with van der Waals surface area (Å²) in [4.78, 5) is 4.83. The van der Waals surface area contributed by atoms with E-state index < -0.39 is 0 Å². The van der Waals surface area contributed by atoms with Crippen molar-refractivity contribution in [3.63, 3.8) is 0 Å². The fourth-order valence-electron chi connectivity index (χ4n) is 2.77. The van der Waals surface area contributed by atoms with Crippen LogP contribution in [0.25, 0.3) is 0 Å². The van der Waals surface area contributed by atoms with Crippen LogP contribution in [0.2, 0.25) is 0 Å². The second kappa shape index (κ2) is 6.87. The number of nitrogens with one attached hydrogen (secondary N) is 1. The molecular weight excluding hydrogens is 254 g/mol. The minimum Gasteiger partial charge on any atom is -0.366 e. The van der Waals surface area contributed by atoms with Crippen LogP contribution >= 0.6 is 12.2 Å². The average Bonchev–Trinajstić information content (AvgIpc) is 2.49. The van der Waals surface area contributed by atoms with Crippen LogP contribution in [0.1, 0.15) is 24.9 Å². The second-order valence-electron chi connectivity index (χ2n) is 4.91. The van der Waals surface area contributed by atoms with E-state index in [4.69, 9.17) is 12.2 Å². The molecule has 0 aliphatic carbocycles. The Morgan fingerprint density at radius 3 is 2.37 bits per heavy atom. The Bertz CT molecular complexity index is 399. The summed E-state index contributed by atoms with van der Waals surface area (Å²) in [5.41, 5.74) is 1.43. The molecule has 0 spiro atoms. The summed E-state index contributed by atoms with van der Waals surface area (Å²) >= 11 is 5.30. The lowest BCUT2D eigenvalue weighted by molar-refractivity contribution is 0.128. The Morgan fingerprint density at radius 2 is 1.84 bits per heavy atom. The van der Waals surface area contributed by atoms with Gasteiger partial charge in [0.1, 0.15) is 0 Å². The molecule has 0 saturated carbocycles. The molecule has 0 bridgehead atoms. The smallest absolute Gasteiger partial charge is 0.168 e. The van der Waals surface area contributed by atoms with Crippen LogP contribution in [0.15, 0.2) is 30.3 Å². The van der Waals surface area contributed by atoms with Crippen LogP contribution < -0.4 is 5.32 Å². The van der Waals surface area contributed by atoms with Gasteiger partial charge in [0.2, 0.25) is 0 Å². The molecule has 0 aromatic heterocycles. The van der Waals surface area contributed by atoms with E-state index in [2.05, 4.69) is 52.4 Å². The Labute approximate surface area is 121 Å². The minimum absolute atomic E-state index is 0.534. The van der Waals surface area contributed by atoms with E-state index in [1.54, 1.807) is 0 Å². The maximum absolute atomic E-state index is 5.30. The van der Waals surface area contributed by atoms with Gasteiger partial charge in [-0.25, -0.2) is 0 Å². The van der Waals surface area contributed by atoms with E-state index in [1.165, 1.54) is 5.56 Å². The van der Waals surface area contributed by atoms with E-state index in [1.807, 2.05) is 7.05 Å². The number of piperazine rings is 1. The maximum Gasteiger partial charge on any atom is 0.168 e. The number of hydrogen-bond donors (Lipinski definition) is 1. The first-order valence-corrected chi connectivity index (χ1v) is 7.42. The highest BCUT2D eigenvalue weighted by molar-refractivity contribution is 7.80. The second-order valence-corrected chi connectivity index (χ2v) is 5.30. The molecule has 1 aliphatic heterocycles. The first kappa shape index (κ1) is 14.3. The highest BCUT2D eigenvalue weighted by Gasteiger charge is 2.24. The van der Waals surface area contributed by atoms with Gasteiger partial charge in [-0.15, -0.1) is 0 Å². The SMILES string of the molecule is CCC(c1ccccc1)N1CCN(C(=S)NC)CC1. The Kier molecular flexibility index (Phi) is 5.16. The third-order valence-electron chi connectivity index (χ3n) is 3.83. The molecule has 19 heavy (non-hydrogen) atoms. The Balaban J connectivity index is 1.98. The van der Waals surface area contributed by atoms with Gasteiger partial charge >= 0.3 is 0 Å². The lowest BCUT2D eigenvalue weighted by atomic mass is 10.0. The van der Waals surface area contributed by atoms with Crippen molar-refractivity contribution >= 4 is 17.3 Å². The fraction of sp³-hybridized carbons (Fsp3) is 0.533. The number of nitrogens with zero attached hydrogens (tertiary/aromatic N) is 2. The van der Waals surface area contributed by atoms with Gasteiger partial charge in [0, 0.05) is 39.3 Å². The zero-order chi connectivity index (χ0) is 13.7. The van der Waals surface area contributed by atoms with E-state index in [9.17, 15) is 0 Å². The molecule has 2 rings (SSSR count). The van der Waals surface area contributed by atoms with Gasteiger partial charge in [-0.05, 0) is 24.2 Å². The molecule has 0 radical (unpaired) electrons. The van der Waals surface area contributed by atoms with Crippen LogP contribution in [0.3, 0.4) is 0 Å². The van der Waals surface area contributed by atoms with Crippen molar-refractivity contribution in [1.29, 1.82) is 0 Å². The molecule has 1 aromatic carbocycles. The minimum atomic E-state index is 0.534. The van der Waals surface area contributed by atoms with E-state index >= 15 is 0 Å². The van der Waals surface area contributed by atoms with Gasteiger partial charge in [0.15, 0.2) is 5.11 Å². The van der Waals surface area contributed by atoms with E-state index in [0.29, 0.717) is 6.04 Å². The summed E-state index contributed by atoms with van der Waals surface area (Å²) in [5, 5.41) is 3.93. The predicted molar refractivity (Wildman–Crippen MR) is 84.3 cm³/mol. The molecule has 1 saturated heterocycles. The number of rotatable bonds is 3. The standard InChI is InChI=1S/C15H23N3S/c1-3-14(13-7-5-4-6-8-13)17-9-11-18(12-10-17)15(19)16-2/h4-8,14H,3,9-12H2,1-2H3,(H,16,19). The van der Waals surface area contributed by atoms with Gasteiger partial charge in [-0.3, -0.25) is 4.90 Å². The molecule has 1 atom stereocenters. The summed E-state index contributed by atoms with van der Waals surface area (Å²) < 4.78 is 0.